The molecule has 0 saturated carbocycles. The summed E-state index contributed by atoms with van der Waals surface area (Å²) >= 11 is 6.50. The standard InChI is InChI=1S/C33H31ClFNO5/c1-6-20(2)17-21(3)7-10-25-18-28-29(31(38)33(5,41-22(4)37)32(39)30(28)34)19-36(25)24-11-15-27(16-12-24)40-26-13-8-23(35)9-14-26/h7-20H,6H2,1-5H3/b10-7+,21-17+/t20-,33+/m0/s1. The van der Waals surface area contributed by atoms with Crippen LogP contribution in [0.4, 0.5) is 10.1 Å². The van der Waals surface area contributed by atoms with Crippen molar-refractivity contribution in [2.45, 2.75) is 46.6 Å². The van der Waals surface area contributed by atoms with Crippen molar-refractivity contribution in [2.75, 3.05) is 4.90 Å². The lowest BCUT2D eigenvalue weighted by Gasteiger charge is -2.35. The minimum absolute atomic E-state index is 0.147. The highest BCUT2D eigenvalue weighted by molar-refractivity contribution is 6.49. The Labute approximate surface area is 244 Å². The van der Waals surface area contributed by atoms with Gasteiger partial charge in [0.2, 0.25) is 17.2 Å². The molecule has 0 amide bonds. The highest BCUT2D eigenvalue weighted by Crippen LogP contribution is 2.41. The minimum Gasteiger partial charge on any atom is -0.457 e. The van der Waals surface area contributed by atoms with Gasteiger partial charge >= 0.3 is 5.97 Å². The summed E-state index contributed by atoms with van der Waals surface area (Å²) in [6.07, 6.45) is 10.3. The molecule has 0 N–H and O–H groups in total. The Morgan fingerprint density at radius 1 is 1.05 bits per heavy atom. The number of carbonyl (C=O) groups excluding carboxylic acids is 3. The number of rotatable bonds is 8. The van der Waals surface area contributed by atoms with Gasteiger partial charge in [0.15, 0.2) is 0 Å². The molecule has 41 heavy (non-hydrogen) atoms. The summed E-state index contributed by atoms with van der Waals surface area (Å²) in [6, 6.07) is 12.8. The van der Waals surface area contributed by atoms with E-state index >= 15 is 0 Å². The SMILES string of the molecule is CC[C@H](C)/C=C(C)/C=C/C1=CC2=C(Cl)C(=O)[C@](C)(OC(C)=O)C(=O)C2=CN1c1ccc(Oc2ccc(F)cc2)cc1. The third kappa shape index (κ3) is 6.41. The molecule has 1 aliphatic carbocycles. The first-order chi connectivity index (χ1) is 19.4. The summed E-state index contributed by atoms with van der Waals surface area (Å²) in [5, 5.41) is -0.180. The normalized spacial score (nSPS) is 20.1. The molecule has 1 aliphatic heterocycles. The van der Waals surface area contributed by atoms with Crippen molar-refractivity contribution < 1.29 is 28.2 Å². The average Bonchev–Trinajstić information content (AvgIpc) is 2.95. The number of anilines is 1. The molecule has 0 spiro atoms. The number of ether oxygens (including phenoxy) is 2. The monoisotopic (exact) mass is 575 g/mol. The van der Waals surface area contributed by atoms with Crippen molar-refractivity contribution in [2.24, 2.45) is 5.92 Å². The zero-order valence-corrected chi connectivity index (χ0v) is 24.3. The minimum atomic E-state index is -2.06. The number of benzene rings is 2. The van der Waals surface area contributed by atoms with Gasteiger partial charge in [0, 0.05) is 35.7 Å². The van der Waals surface area contributed by atoms with E-state index < -0.39 is 23.1 Å². The maximum Gasteiger partial charge on any atom is 0.304 e. The van der Waals surface area contributed by atoms with Crippen molar-refractivity contribution in [1.82, 2.24) is 0 Å². The fraction of sp³-hybridized carbons (Fsp3) is 0.242. The van der Waals surface area contributed by atoms with Crippen LogP contribution in [0.1, 0.15) is 41.0 Å². The maximum absolute atomic E-state index is 13.6. The lowest BCUT2D eigenvalue weighted by molar-refractivity contribution is -0.167. The van der Waals surface area contributed by atoms with Crippen LogP contribution in [0, 0.1) is 11.7 Å². The Balaban J connectivity index is 1.76. The third-order valence-electron chi connectivity index (χ3n) is 6.89. The van der Waals surface area contributed by atoms with Gasteiger partial charge in [-0.3, -0.25) is 14.4 Å². The number of hydrogen-bond donors (Lipinski definition) is 0. The number of esters is 1. The number of allylic oxidation sites excluding steroid dienone is 6. The summed E-state index contributed by atoms with van der Waals surface area (Å²) in [6.45, 7) is 8.65. The van der Waals surface area contributed by atoms with Crippen molar-refractivity contribution in [3.8, 4) is 11.5 Å². The number of ketones is 2. The van der Waals surface area contributed by atoms with E-state index in [1.165, 1.54) is 31.2 Å². The van der Waals surface area contributed by atoms with Gasteiger partial charge in [0.1, 0.15) is 17.3 Å². The molecule has 0 bridgehead atoms. The van der Waals surface area contributed by atoms with Gasteiger partial charge in [-0.2, -0.15) is 0 Å². The van der Waals surface area contributed by atoms with Crippen molar-refractivity contribution in [3.05, 3.63) is 112 Å². The van der Waals surface area contributed by atoms with E-state index in [9.17, 15) is 18.8 Å². The molecule has 0 fully saturated rings. The van der Waals surface area contributed by atoms with E-state index in [1.807, 2.05) is 19.1 Å². The number of halogens is 2. The molecule has 2 atom stereocenters. The van der Waals surface area contributed by atoms with Gasteiger partial charge in [-0.1, -0.05) is 49.6 Å². The predicted molar refractivity (Wildman–Crippen MR) is 157 cm³/mol. The Morgan fingerprint density at radius 3 is 2.24 bits per heavy atom. The summed E-state index contributed by atoms with van der Waals surface area (Å²) in [5.41, 5.74) is 0.751. The molecule has 6 nitrogen and oxygen atoms in total. The first kappa shape index (κ1) is 29.7. The van der Waals surface area contributed by atoms with Gasteiger partial charge in [-0.25, -0.2) is 4.39 Å². The highest BCUT2D eigenvalue weighted by Gasteiger charge is 2.52. The molecule has 2 aromatic carbocycles. The topological polar surface area (TPSA) is 72.9 Å². The van der Waals surface area contributed by atoms with Gasteiger partial charge in [-0.15, -0.1) is 0 Å². The van der Waals surface area contributed by atoms with Crippen LogP contribution in [0.2, 0.25) is 0 Å². The zero-order chi connectivity index (χ0) is 29.9. The lowest BCUT2D eigenvalue weighted by Crippen LogP contribution is -2.52. The van der Waals surface area contributed by atoms with E-state index in [1.54, 1.807) is 41.4 Å². The van der Waals surface area contributed by atoms with Gasteiger partial charge in [0.25, 0.3) is 0 Å². The highest BCUT2D eigenvalue weighted by atomic mass is 35.5. The van der Waals surface area contributed by atoms with E-state index in [0.29, 0.717) is 28.8 Å². The van der Waals surface area contributed by atoms with Crippen LogP contribution >= 0.6 is 11.6 Å². The number of Topliss-reactive ketones (excluding diaryl/α,β-unsaturated/α-hetero) is 2. The van der Waals surface area contributed by atoms with E-state index in [2.05, 4.69) is 19.9 Å². The van der Waals surface area contributed by atoms with Crippen LogP contribution in [0.3, 0.4) is 0 Å². The number of hydrogen-bond acceptors (Lipinski definition) is 6. The first-order valence-corrected chi connectivity index (χ1v) is 13.6. The van der Waals surface area contributed by atoms with E-state index in [-0.39, 0.29) is 22.0 Å². The van der Waals surface area contributed by atoms with Crippen molar-refractivity contribution in [1.29, 1.82) is 0 Å². The fourth-order valence-electron chi connectivity index (χ4n) is 4.51. The second-order valence-corrected chi connectivity index (χ2v) is 10.6. The zero-order valence-electron chi connectivity index (χ0n) is 23.5. The molecule has 0 aromatic heterocycles. The van der Waals surface area contributed by atoms with Gasteiger partial charge in [-0.05, 0) is 80.4 Å². The molecule has 0 radical (unpaired) electrons. The third-order valence-corrected chi connectivity index (χ3v) is 7.26. The summed E-state index contributed by atoms with van der Waals surface area (Å²) in [7, 11) is 0. The molecule has 4 rings (SSSR count). The summed E-state index contributed by atoms with van der Waals surface area (Å²) < 4.78 is 24.3. The molecular formula is C33H31ClFNO5. The van der Waals surface area contributed by atoms with Crippen LogP contribution in [0.15, 0.2) is 106 Å². The van der Waals surface area contributed by atoms with E-state index in [0.717, 1.165) is 18.9 Å². The Morgan fingerprint density at radius 2 is 1.66 bits per heavy atom. The van der Waals surface area contributed by atoms with Gasteiger partial charge in [0.05, 0.1) is 5.03 Å². The van der Waals surface area contributed by atoms with Crippen LogP contribution < -0.4 is 9.64 Å². The predicted octanol–water partition coefficient (Wildman–Crippen LogP) is 7.72. The molecule has 212 valence electrons. The Kier molecular flexibility index (Phi) is 8.78. The molecule has 0 unspecified atom stereocenters. The first-order valence-electron chi connectivity index (χ1n) is 13.2. The smallest absolute Gasteiger partial charge is 0.304 e. The average molecular weight is 576 g/mol. The number of carbonyl (C=O) groups is 3. The van der Waals surface area contributed by atoms with E-state index in [4.69, 9.17) is 21.1 Å². The van der Waals surface area contributed by atoms with Crippen molar-refractivity contribution in [3.63, 3.8) is 0 Å². The Hall–Kier alpha value is -4.23. The van der Waals surface area contributed by atoms with Crippen molar-refractivity contribution >= 4 is 34.8 Å². The largest absolute Gasteiger partial charge is 0.457 e. The van der Waals surface area contributed by atoms with Crippen LogP contribution in [0.25, 0.3) is 0 Å². The van der Waals surface area contributed by atoms with Crippen LogP contribution in [0.5, 0.6) is 11.5 Å². The van der Waals surface area contributed by atoms with Crippen LogP contribution in [-0.2, 0) is 19.1 Å². The number of fused-ring (bicyclic) bond motifs is 1. The second-order valence-electron chi connectivity index (χ2n) is 10.2. The lowest BCUT2D eigenvalue weighted by atomic mass is 9.79. The maximum atomic E-state index is 13.6. The molecule has 0 saturated heterocycles. The summed E-state index contributed by atoms with van der Waals surface area (Å²) in [5.74, 6) is -1.14. The molecule has 1 heterocycles. The Bertz CT molecular complexity index is 1530. The summed E-state index contributed by atoms with van der Waals surface area (Å²) in [4.78, 5) is 40.2. The van der Waals surface area contributed by atoms with Crippen LogP contribution in [-0.4, -0.2) is 23.1 Å². The molecular weight excluding hydrogens is 545 g/mol. The number of nitrogens with zero attached hydrogens (tertiary/aromatic N) is 1. The second kappa shape index (κ2) is 12.1. The molecule has 2 aliphatic rings. The molecule has 8 heteroatoms. The fourth-order valence-corrected chi connectivity index (χ4v) is 4.84. The van der Waals surface area contributed by atoms with Gasteiger partial charge < -0.3 is 14.4 Å². The molecule has 2 aromatic rings. The quantitative estimate of drug-likeness (QED) is 0.182.